The van der Waals surface area contributed by atoms with Crippen LogP contribution in [0.15, 0.2) is 23.4 Å². The molecule has 1 rings (SSSR count). The van der Waals surface area contributed by atoms with Gasteiger partial charge in [-0.1, -0.05) is 0 Å². The van der Waals surface area contributed by atoms with Gasteiger partial charge in [-0.3, -0.25) is 4.79 Å². The molecule has 1 amide bonds. The van der Waals surface area contributed by atoms with Crippen LogP contribution in [0.25, 0.3) is 0 Å². The van der Waals surface area contributed by atoms with E-state index in [9.17, 15) is 13.6 Å². The second kappa shape index (κ2) is 5.92. The summed E-state index contributed by atoms with van der Waals surface area (Å²) in [6.07, 6.45) is 3.26. The van der Waals surface area contributed by atoms with Crippen LogP contribution in [-0.4, -0.2) is 41.3 Å². The molecule has 94 valence electrons. The zero-order valence-electron chi connectivity index (χ0n) is 9.11. The number of carbonyl (C=O) groups is 1. The first-order valence-electron chi connectivity index (χ1n) is 4.76. The molecule has 1 aromatic heterocycles. The Hall–Kier alpha value is -1.21. The van der Waals surface area contributed by atoms with Gasteiger partial charge in [0.15, 0.2) is 0 Å². The number of aliphatic hydroxyl groups is 1. The Morgan fingerprint density at radius 1 is 1.65 bits per heavy atom. The Labute approximate surface area is 101 Å². The number of aromatic nitrogens is 1. The zero-order chi connectivity index (χ0) is 12.9. The molecule has 0 atom stereocenters. The third kappa shape index (κ3) is 3.94. The van der Waals surface area contributed by atoms with Crippen molar-refractivity contribution in [2.75, 3.05) is 19.4 Å². The molecule has 0 aromatic carbocycles. The van der Waals surface area contributed by atoms with Gasteiger partial charge in [0.2, 0.25) is 0 Å². The monoisotopic (exact) mass is 262 g/mol. The molecule has 0 radical (unpaired) electrons. The molecule has 0 aliphatic carbocycles. The Kier molecular flexibility index (Phi) is 4.83. The molecule has 0 saturated heterocycles. The average Bonchev–Trinajstić information content (AvgIpc) is 2.36. The van der Waals surface area contributed by atoms with Gasteiger partial charge in [-0.2, -0.15) is 0 Å². The first kappa shape index (κ1) is 13.9. The van der Waals surface area contributed by atoms with Gasteiger partial charge in [-0.25, -0.2) is 13.8 Å². The lowest BCUT2D eigenvalue weighted by atomic mass is 10.2. The van der Waals surface area contributed by atoms with Crippen molar-refractivity contribution < 1.29 is 18.7 Å². The van der Waals surface area contributed by atoms with Crippen molar-refractivity contribution in [2.24, 2.45) is 0 Å². The van der Waals surface area contributed by atoms with Crippen LogP contribution in [0.5, 0.6) is 0 Å². The fraction of sp³-hybridized carbons (Fsp3) is 0.400. The number of amides is 1. The van der Waals surface area contributed by atoms with Crippen LogP contribution in [0.3, 0.4) is 0 Å². The van der Waals surface area contributed by atoms with Crippen molar-refractivity contribution in [2.45, 2.75) is 10.9 Å². The van der Waals surface area contributed by atoms with E-state index in [0.717, 1.165) is 0 Å². The number of hydrogen-bond donors (Lipinski definition) is 2. The maximum Gasteiger partial charge on any atom is 0.287 e. The van der Waals surface area contributed by atoms with E-state index in [1.165, 1.54) is 24.0 Å². The van der Waals surface area contributed by atoms with Crippen molar-refractivity contribution in [3.8, 4) is 0 Å². The molecular formula is C10H12F2N2O2S. The number of alkyl halides is 2. The highest BCUT2D eigenvalue weighted by atomic mass is 32.2. The summed E-state index contributed by atoms with van der Waals surface area (Å²) in [5.41, 5.74) is 0.244. The first-order valence-corrected chi connectivity index (χ1v) is 5.98. The summed E-state index contributed by atoms with van der Waals surface area (Å²) >= 11 is 1.25. The summed E-state index contributed by atoms with van der Waals surface area (Å²) in [4.78, 5) is 15.6. The number of thioether (sulfide) groups is 1. The maximum absolute atomic E-state index is 12.7. The lowest BCUT2D eigenvalue weighted by Crippen LogP contribution is -2.39. The van der Waals surface area contributed by atoms with Gasteiger partial charge in [-0.15, -0.1) is 11.8 Å². The van der Waals surface area contributed by atoms with E-state index in [1.54, 1.807) is 12.3 Å². The maximum atomic E-state index is 12.7. The van der Waals surface area contributed by atoms with E-state index in [0.29, 0.717) is 5.03 Å². The summed E-state index contributed by atoms with van der Waals surface area (Å²) in [7, 11) is 0. The fourth-order valence-electron chi connectivity index (χ4n) is 1.09. The predicted octanol–water partition coefficient (Wildman–Crippen LogP) is 1.16. The molecular weight excluding hydrogens is 250 g/mol. The first-order chi connectivity index (χ1) is 8.00. The number of rotatable bonds is 5. The van der Waals surface area contributed by atoms with Crippen molar-refractivity contribution in [3.05, 3.63) is 23.9 Å². The molecule has 0 spiro atoms. The molecule has 0 saturated carbocycles. The molecule has 0 aliphatic heterocycles. The van der Waals surface area contributed by atoms with Gasteiger partial charge < -0.3 is 10.4 Å². The average molecular weight is 262 g/mol. The highest BCUT2D eigenvalue weighted by Gasteiger charge is 2.28. The van der Waals surface area contributed by atoms with Crippen LogP contribution in [0.1, 0.15) is 10.4 Å². The molecule has 2 N–H and O–H groups in total. The lowest BCUT2D eigenvalue weighted by molar-refractivity contribution is -0.0462. The van der Waals surface area contributed by atoms with E-state index in [2.05, 4.69) is 10.3 Å². The fourth-order valence-corrected chi connectivity index (χ4v) is 1.63. The number of carbonyl (C=O) groups excluding carboxylic acids is 1. The predicted molar refractivity (Wildman–Crippen MR) is 60.4 cm³/mol. The lowest BCUT2D eigenvalue weighted by Gasteiger charge is -2.14. The summed E-state index contributed by atoms with van der Waals surface area (Å²) in [6.45, 7) is -2.19. The van der Waals surface area contributed by atoms with E-state index < -0.39 is 25.0 Å². The summed E-state index contributed by atoms with van der Waals surface area (Å²) < 4.78 is 25.5. The Morgan fingerprint density at radius 2 is 2.35 bits per heavy atom. The molecule has 0 unspecified atom stereocenters. The molecule has 0 aliphatic rings. The molecule has 7 heteroatoms. The number of halogens is 2. The smallest absolute Gasteiger partial charge is 0.287 e. The van der Waals surface area contributed by atoms with Crippen LogP contribution in [-0.2, 0) is 0 Å². The van der Waals surface area contributed by atoms with Gasteiger partial charge in [0.05, 0.1) is 12.1 Å². The van der Waals surface area contributed by atoms with Crippen LogP contribution < -0.4 is 5.32 Å². The molecule has 4 nitrogen and oxygen atoms in total. The second-order valence-corrected chi connectivity index (χ2v) is 4.05. The van der Waals surface area contributed by atoms with Crippen molar-refractivity contribution in [3.63, 3.8) is 0 Å². The van der Waals surface area contributed by atoms with Crippen molar-refractivity contribution >= 4 is 17.7 Å². The number of aliphatic hydroxyl groups excluding tert-OH is 1. The van der Waals surface area contributed by atoms with E-state index >= 15 is 0 Å². The Balaban J connectivity index is 2.70. The number of nitrogens with one attached hydrogen (secondary N) is 1. The van der Waals surface area contributed by atoms with Gasteiger partial charge in [-0.05, 0) is 18.4 Å². The van der Waals surface area contributed by atoms with Crippen LogP contribution in [0, 0.1) is 0 Å². The normalized spacial score (nSPS) is 11.3. The summed E-state index contributed by atoms with van der Waals surface area (Å²) in [5, 5.41) is 10.9. The van der Waals surface area contributed by atoms with Crippen molar-refractivity contribution in [1.29, 1.82) is 0 Å². The topological polar surface area (TPSA) is 62.2 Å². The Morgan fingerprint density at radius 3 is 2.94 bits per heavy atom. The zero-order valence-corrected chi connectivity index (χ0v) is 9.93. The SMILES string of the molecule is CSc1ncccc1C(=O)NCC(F)(F)CO. The van der Waals surface area contributed by atoms with Crippen LogP contribution in [0.2, 0.25) is 0 Å². The van der Waals surface area contributed by atoms with E-state index in [4.69, 9.17) is 5.11 Å². The highest BCUT2D eigenvalue weighted by Crippen LogP contribution is 2.17. The van der Waals surface area contributed by atoms with Gasteiger partial charge in [0.1, 0.15) is 11.6 Å². The number of hydrogen-bond acceptors (Lipinski definition) is 4. The number of pyridine rings is 1. The van der Waals surface area contributed by atoms with Crippen molar-refractivity contribution in [1.82, 2.24) is 10.3 Å². The minimum absolute atomic E-state index is 0.244. The van der Waals surface area contributed by atoms with Gasteiger partial charge in [0, 0.05) is 6.20 Å². The second-order valence-electron chi connectivity index (χ2n) is 3.26. The third-order valence-electron chi connectivity index (χ3n) is 1.95. The van der Waals surface area contributed by atoms with Gasteiger partial charge >= 0.3 is 0 Å². The molecule has 0 fully saturated rings. The number of nitrogens with zero attached hydrogens (tertiary/aromatic N) is 1. The van der Waals surface area contributed by atoms with E-state index in [1.807, 2.05) is 0 Å². The minimum Gasteiger partial charge on any atom is -0.390 e. The third-order valence-corrected chi connectivity index (χ3v) is 2.66. The van der Waals surface area contributed by atoms with Crippen LogP contribution >= 0.6 is 11.8 Å². The molecule has 0 bridgehead atoms. The molecule has 1 aromatic rings. The summed E-state index contributed by atoms with van der Waals surface area (Å²) in [5.74, 6) is -3.94. The molecule has 17 heavy (non-hydrogen) atoms. The largest absolute Gasteiger partial charge is 0.390 e. The van der Waals surface area contributed by atoms with Crippen LogP contribution in [0.4, 0.5) is 8.78 Å². The van der Waals surface area contributed by atoms with E-state index in [-0.39, 0.29) is 5.56 Å². The minimum atomic E-state index is -3.31. The quantitative estimate of drug-likeness (QED) is 0.782. The Bertz CT molecular complexity index is 402. The molecule has 1 heterocycles. The standard InChI is InChI=1S/C10H12F2N2O2S/c1-17-9-7(3-2-4-13-9)8(16)14-5-10(11,12)6-15/h2-4,15H,5-6H2,1H3,(H,14,16). The van der Waals surface area contributed by atoms with Gasteiger partial charge in [0.25, 0.3) is 11.8 Å². The summed E-state index contributed by atoms with van der Waals surface area (Å²) in [6, 6.07) is 3.06. The highest BCUT2D eigenvalue weighted by molar-refractivity contribution is 7.98.